The molecular weight excluding hydrogens is 665 g/mol. The number of nitrogens with zero attached hydrogens (tertiary/aromatic N) is 2. The predicted molar refractivity (Wildman–Crippen MR) is 190 cm³/mol. The first-order chi connectivity index (χ1) is 23.3. The monoisotopic (exact) mass is 704 g/mol. The summed E-state index contributed by atoms with van der Waals surface area (Å²) in [6, 6.07) is 21.9. The highest BCUT2D eigenvalue weighted by molar-refractivity contribution is 7.89. The number of nitrogens with one attached hydrogen (secondary N) is 1. The minimum absolute atomic E-state index is 0.0154. The highest BCUT2D eigenvalue weighted by Crippen LogP contribution is 2.43. The summed E-state index contributed by atoms with van der Waals surface area (Å²) < 4.78 is 76.7. The molecule has 1 amide bonds. The van der Waals surface area contributed by atoms with Gasteiger partial charge >= 0.3 is 0 Å². The summed E-state index contributed by atoms with van der Waals surface area (Å²) in [7, 11) is -9.75. The molecule has 3 N–H and O–H groups in total. The molecule has 2 aliphatic rings. The molecule has 5 rings (SSSR count). The molecule has 13 heteroatoms. The summed E-state index contributed by atoms with van der Waals surface area (Å²) in [5.74, 6) is -0.457. The van der Waals surface area contributed by atoms with Crippen molar-refractivity contribution in [2.75, 3.05) is 31.1 Å². The Morgan fingerprint density at radius 2 is 1.55 bits per heavy atom. The summed E-state index contributed by atoms with van der Waals surface area (Å²) in [4.78, 5) is 13.2. The first-order valence-electron chi connectivity index (χ1n) is 16.1. The Kier molecular flexibility index (Phi) is 10.6. The van der Waals surface area contributed by atoms with E-state index in [-0.39, 0.29) is 12.0 Å². The van der Waals surface area contributed by atoms with Crippen LogP contribution in [0.2, 0.25) is 0 Å². The van der Waals surface area contributed by atoms with Crippen LogP contribution < -0.4 is 25.3 Å². The van der Waals surface area contributed by atoms with Gasteiger partial charge < -0.3 is 19.6 Å². The van der Waals surface area contributed by atoms with Crippen LogP contribution in [0, 0.1) is 0 Å². The number of sulfonamides is 1. The van der Waals surface area contributed by atoms with Crippen molar-refractivity contribution in [1.82, 2.24) is 9.30 Å². The van der Waals surface area contributed by atoms with E-state index in [1.54, 1.807) is 30.3 Å². The van der Waals surface area contributed by atoms with E-state index in [9.17, 15) is 26.2 Å². The molecular formula is C36H40N4O7S2. The maximum absolute atomic E-state index is 13.6. The lowest BCUT2D eigenvalue weighted by Crippen LogP contribution is -2.45. The molecule has 1 unspecified atom stereocenters. The number of fused-ring (bicyclic) bond motifs is 2. The molecule has 1 aliphatic carbocycles. The molecule has 3 aromatic rings. The van der Waals surface area contributed by atoms with Crippen LogP contribution in [0.5, 0.6) is 0 Å². The maximum Gasteiger partial charge on any atom is 0.241 e. The van der Waals surface area contributed by atoms with Gasteiger partial charge in [-0.3, -0.25) is 4.79 Å². The molecule has 1 heterocycles. The minimum atomic E-state index is -5.23. The average molecular weight is 705 g/mol. The normalized spacial score (nSPS) is 12.7. The van der Waals surface area contributed by atoms with E-state index in [4.69, 9.17) is 10.2 Å². The molecule has 0 radical (unpaired) electrons. The van der Waals surface area contributed by atoms with Crippen LogP contribution in [0.3, 0.4) is 0 Å². The van der Waals surface area contributed by atoms with Gasteiger partial charge in [-0.2, -0.15) is 4.72 Å². The summed E-state index contributed by atoms with van der Waals surface area (Å²) >= 11 is 0. The van der Waals surface area contributed by atoms with E-state index >= 15 is 0 Å². The van der Waals surface area contributed by atoms with E-state index < -0.39 is 41.9 Å². The number of primary amides is 1. The van der Waals surface area contributed by atoms with E-state index in [1.807, 2.05) is 64.1 Å². The van der Waals surface area contributed by atoms with Crippen molar-refractivity contribution < 1.29 is 30.6 Å². The Morgan fingerprint density at radius 1 is 0.878 bits per heavy atom. The van der Waals surface area contributed by atoms with E-state index in [0.29, 0.717) is 33.4 Å². The first kappa shape index (κ1) is 35.7. The Balaban J connectivity index is 1.74. The highest BCUT2D eigenvalue weighted by Gasteiger charge is 2.28. The number of nitrogens with two attached hydrogens (primary N) is 1. The minimum Gasteiger partial charge on any atom is -0.744 e. The number of hydrogen-bond acceptors (Lipinski definition) is 8. The second-order valence-electron chi connectivity index (χ2n) is 11.6. The van der Waals surface area contributed by atoms with E-state index in [0.717, 1.165) is 43.3 Å². The number of rotatable bonds is 13. The Morgan fingerprint density at radius 3 is 2.16 bits per heavy atom. The fourth-order valence-corrected chi connectivity index (χ4v) is 8.13. The van der Waals surface area contributed by atoms with Gasteiger partial charge in [0.1, 0.15) is 40.6 Å². The van der Waals surface area contributed by atoms with Crippen molar-refractivity contribution in [1.29, 1.82) is 0 Å². The number of anilines is 1. The fourth-order valence-electron chi connectivity index (χ4n) is 6.12. The Hall–Kier alpha value is -4.56. The van der Waals surface area contributed by atoms with Crippen LogP contribution in [0.15, 0.2) is 99.1 Å². The highest BCUT2D eigenvalue weighted by atomic mass is 32.2. The topological polar surface area (TPSA) is 166 Å². The molecule has 0 saturated carbocycles. The molecule has 0 bridgehead atoms. The molecule has 49 heavy (non-hydrogen) atoms. The lowest BCUT2D eigenvalue weighted by atomic mass is 9.93. The van der Waals surface area contributed by atoms with Gasteiger partial charge in [0.25, 0.3) is 0 Å². The zero-order valence-corrected chi connectivity index (χ0v) is 29.5. The summed E-state index contributed by atoms with van der Waals surface area (Å²) in [5.41, 5.74) is 8.51. The lowest BCUT2D eigenvalue weighted by molar-refractivity contribution is -0.119. The molecule has 1 atom stereocenters. The van der Waals surface area contributed by atoms with Gasteiger partial charge in [-0.15, -0.1) is 0 Å². The van der Waals surface area contributed by atoms with Gasteiger partial charge in [-0.25, -0.2) is 21.4 Å². The van der Waals surface area contributed by atoms with Gasteiger partial charge in [0.2, 0.25) is 21.3 Å². The maximum atomic E-state index is 13.6. The van der Waals surface area contributed by atoms with Crippen LogP contribution in [-0.2, 0) is 31.4 Å². The van der Waals surface area contributed by atoms with Crippen LogP contribution >= 0.6 is 0 Å². The quantitative estimate of drug-likeness (QED) is 0.105. The largest absolute Gasteiger partial charge is 0.744 e. The average Bonchev–Trinajstić information content (AvgIpc) is 3.07. The third-order valence-electron chi connectivity index (χ3n) is 8.67. The van der Waals surface area contributed by atoms with Crippen LogP contribution in [0.1, 0.15) is 33.3 Å². The molecule has 258 valence electrons. The Labute approximate surface area is 286 Å². The van der Waals surface area contributed by atoms with Gasteiger partial charge in [-0.05, 0) is 70.0 Å². The van der Waals surface area contributed by atoms with Gasteiger partial charge in [-0.1, -0.05) is 36.4 Å². The molecule has 0 fully saturated rings. The van der Waals surface area contributed by atoms with Crippen molar-refractivity contribution in [2.45, 2.75) is 49.9 Å². The standard InChI is InChI=1S/C36H40N4O7S2/c1-5-39(6-2)25-14-17-28-32(21-25)47-33-22-26(40(7-3)8-4)15-18-29(33)35(28)30-19-16-27(23-34(30)49(44,45)46)48(42,43)38-31(36(37)41)20-24-12-10-9-11-13-24/h9-19,21-23,31,38H,5-8,20H2,1-4H3,(H2-,37,41,44,45,46). The second kappa shape index (κ2) is 14.5. The summed E-state index contributed by atoms with van der Waals surface area (Å²) in [5, 5.41) is 1.43. The molecule has 3 aromatic carbocycles. The van der Waals surface area contributed by atoms with Crippen molar-refractivity contribution in [3.63, 3.8) is 0 Å². The van der Waals surface area contributed by atoms with Crippen molar-refractivity contribution in [3.05, 3.63) is 95.8 Å². The van der Waals surface area contributed by atoms with Crippen LogP contribution in [0.25, 0.3) is 33.4 Å². The van der Waals surface area contributed by atoms with Gasteiger partial charge in [0, 0.05) is 53.0 Å². The predicted octanol–water partition coefficient (Wildman–Crippen LogP) is 4.14. The third kappa shape index (κ3) is 7.54. The number of carbonyl (C=O) groups is 1. The number of benzene rings is 4. The van der Waals surface area contributed by atoms with Gasteiger partial charge in [0.15, 0.2) is 0 Å². The number of hydrogen-bond donors (Lipinski definition) is 2. The molecule has 0 aromatic heterocycles. The third-order valence-corrected chi connectivity index (χ3v) is 11.0. The van der Waals surface area contributed by atoms with Crippen molar-refractivity contribution in [3.8, 4) is 22.5 Å². The molecule has 11 nitrogen and oxygen atoms in total. The number of carbonyl (C=O) groups excluding carboxylic acids is 1. The van der Waals surface area contributed by atoms with Crippen molar-refractivity contribution in [2.24, 2.45) is 5.73 Å². The fraction of sp³-hybridized carbons (Fsp3) is 0.278. The van der Waals surface area contributed by atoms with Crippen LogP contribution in [0.4, 0.5) is 5.69 Å². The zero-order valence-electron chi connectivity index (χ0n) is 27.8. The lowest BCUT2D eigenvalue weighted by Gasteiger charge is -2.23. The van der Waals surface area contributed by atoms with E-state index in [1.165, 1.54) is 12.1 Å². The SMILES string of the molecule is CCN(CC)c1ccc2c(-c3ccc(S(=O)(=O)NC(Cc4ccccc4)C(N)=O)cc3S(=O)(=O)[O-])c3ccc(=[N+](CC)CC)cc-3oc2c1. The molecule has 0 spiro atoms. The summed E-state index contributed by atoms with van der Waals surface area (Å²) in [6.45, 7) is 11.1. The van der Waals surface area contributed by atoms with Gasteiger partial charge in [0.05, 0.1) is 15.9 Å². The van der Waals surface area contributed by atoms with E-state index in [2.05, 4.69) is 14.2 Å². The van der Waals surface area contributed by atoms with Crippen LogP contribution in [-0.4, -0.2) is 59.5 Å². The Bertz CT molecular complexity index is 2260. The summed E-state index contributed by atoms with van der Waals surface area (Å²) in [6.07, 6.45) is -0.0311. The smallest absolute Gasteiger partial charge is 0.241 e. The van der Waals surface area contributed by atoms with Crippen molar-refractivity contribution >= 4 is 42.7 Å². The zero-order chi connectivity index (χ0) is 35.5. The molecule has 1 aliphatic heterocycles. The number of amides is 1. The molecule has 0 saturated heterocycles. The first-order valence-corrected chi connectivity index (χ1v) is 19.0. The second-order valence-corrected chi connectivity index (χ2v) is 14.6.